The first kappa shape index (κ1) is 15.3. The normalized spacial score (nSPS) is 21.2. The Hall–Kier alpha value is -1.06. The lowest BCUT2D eigenvalue weighted by Crippen LogP contribution is -2.40. The highest BCUT2D eigenvalue weighted by atomic mass is 16.6. The smallest absolute Gasteiger partial charge is 0.128 e. The lowest BCUT2D eigenvalue weighted by molar-refractivity contribution is 0.00168. The van der Waals surface area contributed by atoms with Crippen molar-refractivity contribution in [1.82, 2.24) is 5.48 Å². The number of aryl methyl sites for hydroxylation is 1. The first-order valence-electron chi connectivity index (χ1n) is 7.27. The topological polar surface area (TPSA) is 30.5 Å². The van der Waals surface area contributed by atoms with Crippen LogP contribution in [0.2, 0.25) is 0 Å². The predicted octanol–water partition coefficient (Wildman–Crippen LogP) is 4.05. The lowest BCUT2D eigenvalue weighted by atomic mass is 9.80. The third kappa shape index (κ3) is 2.84. The molecular weight excluding hydrogens is 250 g/mol. The van der Waals surface area contributed by atoms with Crippen LogP contribution >= 0.6 is 0 Å². The quantitative estimate of drug-likeness (QED) is 0.827. The van der Waals surface area contributed by atoms with Gasteiger partial charge in [0.25, 0.3) is 0 Å². The van der Waals surface area contributed by atoms with E-state index in [0.29, 0.717) is 0 Å². The van der Waals surface area contributed by atoms with Crippen LogP contribution in [0.3, 0.4) is 0 Å². The summed E-state index contributed by atoms with van der Waals surface area (Å²) in [5.41, 5.74) is 6.74. The van der Waals surface area contributed by atoms with Crippen LogP contribution in [-0.4, -0.2) is 12.7 Å². The molecule has 0 spiro atoms. The van der Waals surface area contributed by atoms with Crippen molar-refractivity contribution in [1.29, 1.82) is 0 Å². The zero-order valence-electron chi connectivity index (χ0n) is 13.8. The van der Waals surface area contributed by atoms with Gasteiger partial charge in [-0.25, -0.2) is 0 Å². The second-order valence-corrected chi connectivity index (χ2v) is 7.36. The van der Waals surface area contributed by atoms with E-state index in [1.807, 2.05) is 0 Å². The van der Waals surface area contributed by atoms with Crippen LogP contribution < -0.4 is 10.2 Å². The minimum atomic E-state index is -0.197. The molecule has 1 heterocycles. The van der Waals surface area contributed by atoms with Gasteiger partial charge < -0.3 is 9.57 Å². The molecule has 1 atom stereocenters. The minimum Gasteiger partial charge on any atom is -0.487 e. The van der Waals surface area contributed by atoms with Gasteiger partial charge in [0.1, 0.15) is 11.4 Å². The van der Waals surface area contributed by atoms with Gasteiger partial charge in [-0.1, -0.05) is 32.9 Å². The van der Waals surface area contributed by atoms with Gasteiger partial charge in [-0.15, -0.1) is 0 Å². The van der Waals surface area contributed by atoms with Crippen LogP contribution in [0, 0.1) is 6.92 Å². The Labute approximate surface area is 122 Å². The monoisotopic (exact) mass is 277 g/mol. The molecule has 0 aliphatic carbocycles. The fourth-order valence-electron chi connectivity index (χ4n) is 2.99. The van der Waals surface area contributed by atoms with Crippen molar-refractivity contribution in [2.45, 2.75) is 65.0 Å². The highest BCUT2D eigenvalue weighted by Crippen LogP contribution is 2.46. The molecule has 1 N–H and O–H groups in total. The number of benzene rings is 1. The molecule has 1 aromatic carbocycles. The fraction of sp³-hybridized carbons (Fsp3) is 0.647. The second-order valence-electron chi connectivity index (χ2n) is 7.36. The number of ether oxygens (including phenoxy) is 1. The highest BCUT2D eigenvalue weighted by Gasteiger charge is 2.37. The molecule has 3 heteroatoms. The molecule has 0 aromatic heterocycles. The Balaban J connectivity index is 2.63. The van der Waals surface area contributed by atoms with E-state index in [-0.39, 0.29) is 17.1 Å². The zero-order chi connectivity index (χ0) is 15.1. The van der Waals surface area contributed by atoms with Crippen LogP contribution in [0.4, 0.5) is 0 Å². The average molecular weight is 277 g/mol. The molecule has 0 bridgehead atoms. The van der Waals surface area contributed by atoms with Gasteiger partial charge in [-0.2, -0.15) is 5.48 Å². The third-order valence-corrected chi connectivity index (χ3v) is 3.90. The molecule has 3 nitrogen and oxygen atoms in total. The lowest BCUT2D eigenvalue weighted by Gasteiger charge is -2.41. The van der Waals surface area contributed by atoms with Crippen LogP contribution in [0.25, 0.3) is 0 Å². The van der Waals surface area contributed by atoms with Crippen LogP contribution in [0.5, 0.6) is 5.75 Å². The van der Waals surface area contributed by atoms with E-state index in [1.165, 1.54) is 16.7 Å². The SMILES string of the molecule is CONC1CC(C)(C)Oc2c(C(C)(C)C)ccc(C)c21. The standard InChI is InChI=1S/C17H27NO2/c1-11-8-9-12(16(2,3)4)15-14(11)13(18-19-7)10-17(5,6)20-15/h8-9,13,18H,10H2,1-7H3. The molecule has 1 aliphatic rings. The predicted molar refractivity (Wildman–Crippen MR) is 82.1 cm³/mol. The van der Waals surface area contributed by atoms with Crippen molar-refractivity contribution >= 4 is 0 Å². The molecule has 0 amide bonds. The summed E-state index contributed by atoms with van der Waals surface area (Å²) < 4.78 is 6.34. The first-order chi connectivity index (χ1) is 9.15. The van der Waals surface area contributed by atoms with Gasteiger partial charge in [0, 0.05) is 12.0 Å². The van der Waals surface area contributed by atoms with Gasteiger partial charge in [0.2, 0.25) is 0 Å². The maximum atomic E-state index is 6.34. The zero-order valence-corrected chi connectivity index (χ0v) is 13.8. The maximum absolute atomic E-state index is 6.34. The molecule has 112 valence electrons. The molecule has 1 aliphatic heterocycles. The number of fused-ring (bicyclic) bond motifs is 1. The van der Waals surface area contributed by atoms with Gasteiger partial charge in [-0.05, 0) is 37.3 Å². The summed E-state index contributed by atoms with van der Waals surface area (Å²) in [5.74, 6) is 1.03. The summed E-state index contributed by atoms with van der Waals surface area (Å²) in [6, 6.07) is 4.55. The van der Waals surface area contributed by atoms with Crippen molar-refractivity contribution in [3.63, 3.8) is 0 Å². The van der Waals surface area contributed by atoms with Crippen molar-refractivity contribution in [3.8, 4) is 5.75 Å². The van der Waals surface area contributed by atoms with E-state index < -0.39 is 0 Å². The molecule has 0 saturated carbocycles. The third-order valence-electron chi connectivity index (χ3n) is 3.90. The minimum absolute atomic E-state index is 0.0584. The van der Waals surface area contributed by atoms with Crippen LogP contribution in [-0.2, 0) is 10.3 Å². The molecule has 1 aromatic rings. The summed E-state index contributed by atoms with van der Waals surface area (Å²) >= 11 is 0. The van der Waals surface area contributed by atoms with Gasteiger partial charge in [-0.3, -0.25) is 0 Å². The Kier molecular flexibility index (Phi) is 3.87. The summed E-state index contributed by atoms with van der Waals surface area (Å²) in [6.07, 6.45) is 0.891. The van der Waals surface area contributed by atoms with Crippen molar-refractivity contribution < 1.29 is 9.57 Å². The van der Waals surface area contributed by atoms with Crippen LogP contribution in [0.1, 0.15) is 63.8 Å². The molecule has 0 fully saturated rings. The molecule has 20 heavy (non-hydrogen) atoms. The summed E-state index contributed by atoms with van der Waals surface area (Å²) in [7, 11) is 1.67. The highest BCUT2D eigenvalue weighted by molar-refractivity contribution is 5.52. The van der Waals surface area contributed by atoms with E-state index in [9.17, 15) is 0 Å². The number of hydroxylamine groups is 1. The average Bonchev–Trinajstić information content (AvgIpc) is 2.25. The van der Waals surface area contributed by atoms with Gasteiger partial charge in [0.05, 0.1) is 13.2 Å². The maximum Gasteiger partial charge on any atom is 0.128 e. The number of hydrogen-bond acceptors (Lipinski definition) is 3. The number of hydrogen-bond donors (Lipinski definition) is 1. The molecule has 2 rings (SSSR count). The van der Waals surface area contributed by atoms with Crippen molar-refractivity contribution in [2.24, 2.45) is 0 Å². The van der Waals surface area contributed by atoms with Crippen molar-refractivity contribution in [2.75, 3.05) is 7.11 Å². The largest absolute Gasteiger partial charge is 0.487 e. The van der Waals surface area contributed by atoms with E-state index >= 15 is 0 Å². The summed E-state index contributed by atoms with van der Waals surface area (Å²) in [5, 5.41) is 0. The van der Waals surface area contributed by atoms with E-state index in [1.54, 1.807) is 7.11 Å². The second kappa shape index (κ2) is 5.05. The molecular formula is C17H27NO2. The Bertz CT molecular complexity index is 500. The first-order valence-corrected chi connectivity index (χ1v) is 7.27. The van der Waals surface area contributed by atoms with Crippen LogP contribution in [0.15, 0.2) is 12.1 Å². The Morgan fingerprint density at radius 3 is 2.50 bits per heavy atom. The molecule has 0 saturated heterocycles. The van der Waals surface area contributed by atoms with Gasteiger partial charge >= 0.3 is 0 Å². The Morgan fingerprint density at radius 1 is 1.30 bits per heavy atom. The number of rotatable bonds is 2. The van der Waals surface area contributed by atoms with E-state index in [4.69, 9.17) is 9.57 Å². The summed E-state index contributed by atoms with van der Waals surface area (Å²) in [4.78, 5) is 5.21. The molecule has 0 radical (unpaired) electrons. The summed E-state index contributed by atoms with van der Waals surface area (Å²) in [6.45, 7) is 13.1. The van der Waals surface area contributed by atoms with Crippen molar-refractivity contribution in [3.05, 3.63) is 28.8 Å². The Morgan fingerprint density at radius 2 is 1.95 bits per heavy atom. The fourth-order valence-corrected chi connectivity index (χ4v) is 2.99. The molecule has 1 unspecified atom stereocenters. The van der Waals surface area contributed by atoms with Gasteiger partial charge in [0.15, 0.2) is 0 Å². The van der Waals surface area contributed by atoms with E-state index in [2.05, 4.69) is 59.2 Å². The van der Waals surface area contributed by atoms with E-state index in [0.717, 1.165) is 12.2 Å². The number of nitrogens with one attached hydrogen (secondary N) is 1.